The number of rotatable bonds is 7. The lowest BCUT2D eigenvalue weighted by atomic mass is 9.94. The molecular formula is C9H3F15O. The van der Waals surface area contributed by atoms with Crippen LogP contribution in [0.1, 0.15) is 0 Å². The van der Waals surface area contributed by atoms with Crippen LogP contribution < -0.4 is 0 Å². The van der Waals surface area contributed by atoms with E-state index in [-0.39, 0.29) is 0 Å². The first-order chi connectivity index (χ1) is 10.7. The number of hydrogen-bond acceptors (Lipinski definition) is 1. The van der Waals surface area contributed by atoms with Gasteiger partial charge in [0.15, 0.2) is 6.61 Å². The minimum Gasteiger partial charge on any atom is -0.489 e. The average molecular weight is 412 g/mol. The summed E-state index contributed by atoms with van der Waals surface area (Å²) in [6, 6.07) is 0. The number of halogens is 15. The Morgan fingerprint density at radius 1 is 0.600 bits per heavy atom. The second-order valence-electron chi connectivity index (χ2n) is 4.22. The second-order valence-corrected chi connectivity index (χ2v) is 4.22. The molecule has 0 aromatic heterocycles. The minimum absolute atomic E-state index is 1.01. The maximum Gasteiger partial charge on any atom is 0.460 e. The van der Waals surface area contributed by atoms with Crippen LogP contribution in [0, 0.1) is 0 Å². The normalized spacial score (nSPS) is 15.2. The van der Waals surface area contributed by atoms with Crippen LogP contribution in [0.3, 0.4) is 0 Å². The van der Waals surface area contributed by atoms with Crippen molar-refractivity contribution in [1.82, 2.24) is 0 Å². The third kappa shape index (κ3) is 3.70. The van der Waals surface area contributed by atoms with Crippen LogP contribution >= 0.6 is 0 Å². The highest BCUT2D eigenvalue weighted by atomic mass is 19.4. The Hall–Kier alpha value is -1.51. The summed E-state index contributed by atoms with van der Waals surface area (Å²) in [4.78, 5) is 0. The van der Waals surface area contributed by atoms with E-state index in [1.165, 1.54) is 0 Å². The Labute approximate surface area is 127 Å². The van der Waals surface area contributed by atoms with Gasteiger partial charge in [0.25, 0.3) is 0 Å². The van der Waals surface area contributed by atoms with Crippen LogP contribution in [-0.2, 0) is 4.74 Å². The number of alkyl halides is 13. The summed E-state index contributed by atoms with van der Waals surface area (Å²) in [6.07, 6.45) is -11.5. The third-order valence-electron chi connectivity index (χ3n) is 2.44. The van der Waals surface area contributed by atoms with Crippen molar-refractivity contribution in [3.63, 3.8) is 0 Å². The highest BCUT2D eigenvalue weighted by Crippen LogP contribution is 2.60. The van der Waals surface area contributed by atoms with Crippen LogP contribution in [0.25, 0.3) is 0 Å². The van der Waals surface area contributed by atoms with Gasteiger partial charge in [-0.1, -0.05) is 0 Å². The molecule has 0 saturated heterocycles. The molecule has 0 saturated carbocycles. The Kier molecular flexibility index (Phi) is 5.95. The standard InChI is InChI=1S/C9H3F15O/c10-3(11)1-25-2-4(12,13)5(14,15)6(16,17)7(18,19)8(20,21)9(22,23)24/h1H,2H2. The highest BCUT2D eigenvalue weighted by molar-refractivity contribution is 5.10. The van der Waals surface area contributed by atoms with Crippen LogP contribution in [0.5, 0.6) is 0 Å². The molecule has 0 heterocycles. The summed E-state index contributed by atoms with van der Waals surface area (Å²) >= 11 is 0. The smallest absolute Gasteiger partial charge is 0.460 e. The molecule has 1 nitrogen and oxygen atoms in total. The predicted molar refractivity (Wildman–Crippen MR) is 47.0 cm³/mol. The van der Waals surface area contributed by atoms with E-state index in [4.69, 9.17) is 0 Å². The fourth-order valence-electron chi connectivity index (χ4n) is 1.10. The fourth-order valence-corrected chi connectivity index (χ4v) is 1.10. The van der Waals surface area contributed by atoms with Crippen molar-refractivity contribution in [3.8, 4) is 0 Å². The second kappa shape index (κ2) is 6.34. The Balaban J connectivity index is 5.99. The van der Waals surface area contributed by atoms with Crippen molar-refractivity contribution in [2.75, 3.05) is 6.61 Å². The van der Waals surface area contributed by atoms with Gasteiger partial charge >= 0.3 is 41.9 Å². The molecule has 0 aliphatic rings. The molecule has 0 aliphatic carbocycles. The molecular weight excluding hydrogens is 409 g/mol. The zero-order chi connectivity index (χ0) is 20.7. The number of hydrogen-bond donors (Lipinski definition) is 0. The van der Waals surface area contributed by atoms with Gasteiger partial charge in [-0.15, -0.1) is 0 Å². The van der Waals surface area contributed by atoms with Gasteiger partial charge in [-0.2, -0.15) is 65.9 Å². The van der Waals surface area contributed by atoms with Gasteiger partial charge in [0.2, 0.25) is 0 Å². The molecule has 0 radical (unpaired) electrons. The van der Waals surface area contributed by atoms with E-state index in [9.17, 15) is 65.9 Å². The van der Waals surface area contributed by atoms with Crippen LogP contribution in [0.4, 0.5) is 65.9 Å². The van der Waals surface area contributed by atoms with Crippen molar-refractivity contribution in [1.29, 1.82) is 0 Å². The van der Waals surface area contributed by atoms with E-state index >= 15 is 0 Å². The highest BCUT2D eigenvalue weighted by Gasteiger charge is 2.90. The monoisotopic (exact) mass is 412 g/mol. The van der Waals surface area contributed by atoms with Crippen molar-refractivity contribution in [2.45, 2.75) is 35.8 Å². The van der Waals surface area contributed by atoms with E-state index in [1.54, 1.807) is 0 Å². The molecule has 0 N–H and O–H groups in total. The van der Waals surface area contributed by atoms with E-state index in [2.05, 4.69) is 4.74 Å². The molecule has 0 aliphatic heterocycles. The maximum absolute atomic E-state index is 12.9. The summed E-state index contributed by atoms with van der Waals surface area (Å²) in [5, 5.41) is 0. The first kappa shape index (κ1) is 23.5. The minimum atomic E-state index is -8.04. The molecule has 0 atom stereocenters. The lowest BCUT2D eigenvalue weighted by Gasteiger charge is -2.39. The van der Waals surface area contributed by atoms with Gasteiger partial charge in [-0.25, -0.2) is 0 Å². The van der Waals surface area contributed by atoms with Crippen molar-refractivity contribution in [2.24, 2.45) is 0 Å². The fraction of sp³-hybridized carbons (Fsp3) is 0.778. The predicted octanol–water partition coefficient (Wildman–Crippen LogP) is 5.48. The maximum atomic E-state index is 12.9. The Morgan fingerprint density at radius 3 is 1.28 bits per heavy atom. The van der Waals surface area contributed by atoms with Crippen LogP contribution in [0.2, 0.25) is 0 Å². The molecule has 0 amide bonds. The topological polar surface area (TPSA) is 9.23 Å². The SMILES string of the molecule is FC(F)=COCC(F)(F)C(F)(F)C(F)(F)C(F)(F)C(F)(F)C(F)(F)F. The molecule has 0 rings (SSSR count). The summed E-state index contributed by atoms with van der Waals surface area (Å²) in [6.45, 7) is -3.17. The Morgan fingerprint density at radius 2 is 0.960 bits per heavy atom. The summed E-state index contributed by atoms with van der Waals surface area (Å²) < 4.78 is 189. The van der Waals surface area contributed by atoms with E-state index < -0.39 is 54.7 Å². The zero-order valence-electron chi connectivity index (χ0n) is 10.9. The van der Waals surface area contributed by atoms with Crippen LogP contribution in [0.15, 0.2) is 12.3 Å². The van der Waals surface area contributed by atoms with E-state index in [0.29, 0.717) is 0 Å². The van der Waals surface area contributed by atoms with Gasteiger partial charge in [0, 0.05) is 0 Å². The first-order valence-electron chi connectivity index (χ1n) is 5.25. The quantitative estimate of drug-likeness (QED) is 0.398. The summed E-state index contributed by atoms with van der Waals surface area (Å²) in [7, 11) is 0. The van der Waals surface area contributed by atoms with E-state index in [0.717, 1.165) is 0 Å². The molecule has 0 bridgehead atoms. The van der Waals surface area contributed by atoms with Gasteiger partial charge < -0.3 is 4.74 Å². The molecule has 25 heavy (non-hydrogen) atoms. The molecule has 0 fully saturated rings. The Bertz CT molecular complexity index is 498. The number of ether oxygens (including phenoxy) is 1. The van der Waals surface area contributed by atoms with Crippen molar-refractivity contribution >= 4 is 0 Å². The van der Waals surface area contributed by atoms with Gasteiger partial charge in [-0.05, 0) is 0 Å². The van der Waals surface area contributed by atoms with Gasteiger partial charge in [-0.3, -0.25) is 0 Å². The van der Waals surface area contributed by atoms with Crippen molar-refractivity contribution in [3.05, 3.63) is 12.3 Å². The van der Waals surface area contributed by atoms with Gasteiger partial charge in [0.05, 0.1) is 0 Å². The van der Waals surface area contributed by atoms with Gasteiger partial charge in [0.1, 0.15) is 6.26 Å². The molecule has 0 spiro atoms. The lowest BCUT2D eigenvalue weighted by molar-refractivity contribution is -0.441. The summed E-state index contributed by atoms with van der Waals surface area (Å²) in [5.41, 5.74) is 0. The molecule has 0 aromatic rings. The largest absolute Gasteiger partial charge is 0.489 e. The first-order valence-corrected chi connectivity index (χ1v) is 5.25. The zero-order valence-corrected chi connectivity index (χ0v) is 10.9. The average Bonchev–Trinajstić information content (AvgIpc) is 2.35. The summed E-state index contributed by atoms with van der Waals surface area (Å²) in [5.74, 6) is -37.9. The molecule has 16 heteroatoms. The third-order valence-corrected chi connectivity index (χ3v) is 2.44. The van der Waals surface area contributed by atoms with Crippen molar-refractivity contribution < 1.29 is 70.6 Å². The molecule has 0 unspecified atom stereocenters. The lowest BCUT2D eigenvalue weighted by Crippen LogP contribution is -2.70. The molecule has 0 aromatic carbocycles. The molecule has 150 valence electrons. The van der Waals surface area contributed by atoms with E-state index in [1.807, 2.05) is 0 Å². The van der Waals surface area contributed by atoms with Crippen LogP contribution in [-0.4, -0.2) is 42.4 Å².